The Hall–Kier alpha value is -4.51. The number of anilines is 1. The number of allylic oxidation sites excluding steroid dienone is 1. The van der Waals surface area contributed by atoms with Crippen LogP contribution in [0, 0.1) is 0 Å². The summed E-state index contributed by atoms with van der Waals surface area (Å²) in [5, 5.41) is 0. The quantitative estimate of drug-likeness (QED) is 0.493. The number of thiazole rings is 1. The molecule has 0 spiro atoms. The Kier molecular flexibility index (Phi) is 6.00. The topological polar surface area (TPSA) is 133 Å². The van der Waals surface area contributed by atoms with E-state index in [1.807, 2.05) is 0 Å². The van der Waals surface area contributed by atoms with Crippen LogP contribution in [0.4, 0.5) is 5.69 Å². The van der Waals surface area contributed by atoms with E-state index in [9.17, 15) is 19.2 Å². The van der Waals surface area contributed by atoms with Gasteiger partial charge in [-0.15, -0.1) is 0 Å². The summed E-state index contributed by atoms with van der Waals surface area (Å²) in [5.41, 5.74) is 7.32. The predicted molar refractivity (Wildman–Crippen MR) is 136 cm³/mol. The second-order valence-electron chi connectivity index (χ2n) is 8.42. The van der Waals surface area contributed by atoms with E-state index in [2.05, 4.69) is 4.99 Å². The van der Waals surface area contributed by atoms with Crippen molar-refractivity contribution in [3.8, 4) is 5.75 Å². The lowest BCUT2D eigenvalue weighted by Gasteiger charge is -2.24. The molecule has 2 N–H and O–H groups in total. The van der Waals surface area contributed by atoms with Gasteiger partial charge in [-0.3, -0.25) is 23.9 Å². The van der Waals surface area contributed by atoms with Gasteiger partial charge >= 0.3 is 5.97 Å². The van der Waals surface area contributed by atoms with E-state index in [4.69, 9.17) is 15.2 Å². The van der Waals surface area contributed by atoms with E-state index in [1.165, 1.54) is 16.6 Å². The van der Waals surface area contributed by atoms with E-state index < -0.39 is 29.4 Å². The number of primary amides is 1. The first-order valence-corrected chi connectivity index (χ1v) is 12.1. The van der Waals surface area contributed by atoms with Crippen molar-refractivity contribution in [2.75, 3.05) is 25.7 Å². The summed E-state index contributed by atoms with van der Waals surface area (Å²) in [7, 11) is 2.81. The lowest BCUT2D eigenvalue weighted by Crippen LogP contribution is -2.41. The SMILES string of the molecule is COC(=O)C1=C(C)N=c2s/c(=C3\C(=O)N(CC(N)=O)c4ccccc43)c(=O)n2C1c1ccc(OC)cc1. The van der Waals surface area contributed by atoms with Gasteiger partial charge in [0.05, 0.1) is 42.8 Å². The van der Waals surface area contributed by atoms with Crippen molar-refractivity contribution in [3.05, 3.63) is 90.6 Å². The third-order valence-electron chi connectivity index (χ3n) is 6.30. The summed E-state index contributed by atoms with van der Waals surface area (Å²) in [5.74, 6) is -1.18. The Bertz CT molecular complexity index is 1680. The van der Waals surface area contributed by atoms with E-state index in [1.54, 1.807) is 62.6 Å². The van der Waals surface area contributed by atoms with Crippen molar-refractivity contribution >= 4 is 40.4 Å². The Labute approximate surface area is 214 Å². The molecule has 0 saturated carbocycles. The molecule has 5 rings (SSSR count). The van der Waals surface area contributed by atoms with E-state index in [0.717, 1.165) is 11.3 Å². The number of nitrogens with zero attached hydrogens (tertiary/aromatic N) is 3. The molecule has 1 unspecified atom stereocenters. The minimum absolute atomic E-state index is 0.153. The second kappa shape index (κ2) is 9.17. The summed E-state index contributed by atoms with van der Waals surface area (Å²) < 4.78 is 11.8. The number of ether oxygens (including phenoxy) is 2. The lowest BCUT2D eigenvalue weighted by molar-refractivity contribution is -0.136. The molecule has 188 valence electrons. The fourth-order valence-corrected chi connectivity index (χ4v) is 5.79. The van der Waals surface area contributed by atoms with Crippen LogP contribution in [0.1, 0.15) is 24.1 Å². The Balaban J connectivity index is 1.80. The molecule has 3 aromatic rings. The molecule has 37 heavy (non-hydrogen) atoms. The number of fused-ring (bicyclic) bond motifs is 2. The molecule has 1 aromatic heterocycles. The number of nitrogens with two attached hydrogens (primary N) is 1. The Morgan fingerprint density at radius 2 is 1.78 bits per heavy atom. The summed E-state index contributed by atoms with van der Waals surface area (Å²) in [6.07, 6.45) is 0. The van der Waals surface area contributed by atoms with Gasteiger partial charge in [0.15, 0.2) is 4.80 Å². The normalized spacial score (nSPS) is 17.8. The Morgan fingerprint density at radius 1 is 1.08 bits per heavy atom. The zero-order chi connectivity index (χ0) is 26.4. The first kappa shape index (κ1) is 24.2. The smallest absolute Gasteiger partial charge is 0.338 e. The van der Waals surface area contributed by atoms with Crippen LogP contribution in [-0.4, -0.2) is 43.1 Å². The molecular formula is C26H22N4O6S. The largest absolute Gasteiger partial charge is 0.497 e. The van der Waals surface area contributed by atoms with Crippen LogP contribution in [0.15, 0.2) is 69.6 Å². The molecule has 0 aliphatic carbocycles. The third-order valence-corrected chi connectivity index (χ3v) is 7.35. The molecule has 11 heteroatoms. The molecule has 0 bridgehead atoms. The molecular weight excluding hydrogens is 496 g/mol. The average Bonchev–Trinajstić information content (AvgIpc) is 3.35. The predicted octanol–water partition coefficient (Wildman–Crippen LogP) is 0.619. The van der Waals surface area contributed by atoms with Crippen LogP contribution in [0.25, 0.3) is 5.57 Å². The maximum atomic E-state index is 14.0. The van der Waals surface area contributed by atoms with E-state index >= 15 is 0 Å². The van der Waals surface area contributed by atoms with Gasteiger partial charge < -0.3 is 15.2 Å². The molecule has 10 nitrogen and oxygen atoms in total. The lowest BCUT2D eigenvalue weighted by atomic mass is 9.96. The van der Waals surface area contributed by atoms with Crippen LogP contribution >= 0.6 is 11.3 Å². The van der Waals surface area contributed by atoms with Gasteiger partial charge in [-0.2, -0.15) is 0 Å². The summed E-state index contributed by atoms with van der Waals surface area (Å²) >= 11 is 1.05. The van der Waals surface area contributed by atoms with Gasteiger partial charge in [-0.05, 0) is 30.7 Å². The monoisotopic (exact) mass is 518 g/mol. The molecule has 2 aliphatic rings. The van der Waals surface area contributed by atoms with Crippen molar-refractivity contribution in [2.24, 2.45) is 10.7 Å². The van der Waals surface area contributed by atoms with Gasteiger partial charge in [0, 0.05) is 5.56 Å². The second-order valence-corrected chi connectivity index (χ2v) is 9.39. The summed E-state index contributed by atoms with van der Waals surface area (Å²) in [6.45, 7) is 1.35. The van der Waals surface area contributed by atoms with Crippen LogP contribution in [0.3, 0.4) is 0 Å². The molecule has 1 atom stereocenters. The highest BCUT2D eigenvalue weighted by Crippen LogP contribution is 2.35. The van der Waals surface area contributed by atoms with Crippen LogP contribution in [-0.2, 0) is 19.1 Å². The zero-order valence-electron chi connectivity index (χ0n) is 20.2. The van der Waals surface area contributed by atoms with Gasteiger partial charge in [0.1, 0.15) is 16.8 Å². The zero-order valence-corrected chi connectivity index (χ0v) is 21.0. The van der Waals surface area contributed by atoms with Crippen molar-refractivity contribution < 1.29 is 23.9 Å². The number of aromatic nitrogens is 1. The summed E-state index contributed by atoms with van der Waals surface area (Å²) in [4.78, 5) is 58.1. The Morgan fingerprint density at radius 3 is 2.43 bits per heavy atom. The number of methoxy groups -OCH3 is 2. The van der Waals surface area contributed by atoms with Gasteiger partial charge in [-0.1, -0.05) is 41.7 Å². The number of rotatable bonds is 5. The van der Waals surface area contributed by atoms with E-state index in [-0.39, 0.29) is 22.2 Å². The number of benzene rings is 2. The van der Waals surface area contributed by atoms with Gasteiger partial charge in [0.2, 0.25) is 5.91 Å². The number of amides is 2. The van der Waals surface area contributed by atoms with Crippen molar-refractivity contribution in [1.29, 1.82) is 0 Å². The molecule has 2 amide bonds. The van der Waals surface area contributed by atoms with Crippen LogP contribution in [0.5, 0.6) is 5.75 Å². The van der Waals surface area contributed by atoms with Gasteiger partial charge in [-0.25, -0.2) is 9.79 Å². The average molecular weight is 519 g/mol. The number of hydrogen-bond donors (Lipinski definition) is 1. The van der Waals surface area contributed by atoms with Crippen LogP contribution < -0.4 is 30.3 Å². The first-order valence-electron chi connectivity index (χ1n) is 11.2. The third kappa shape index (κ3) is 3.84. The van der Waals surface area contributed by atoms with E-state index in [0.29, 0.717) is 33.1 Å². The summed E-state index contributed by atoms with van der Waals surface area (Å²) in [6, 6.07) is 13.0. The molecule has 0 saturated heterocycles. The number of para-hydroxylation sites is 1. The minimum atomic E-state index is -0.836. The number of hydrogen-bond acceptors (Lipinski definition) is 8. The van der Waals surface area contributed by atoms with Gasteiger partial charge in [0.25, 0.3) is 11.5 Å². The highest BCUT2D eigenvalue weighted by Gasteiger charge is 2.37. The standard InChI is InChI=1S/C26H22N4O6S/c1-13-19(25(34)36-3)21(14-8-10-15(35-2)11-9-14)30-24(33)22(37-26(30)28-13)20-16-6-4-5-7-17(16)29(23(20)32)12-18(27)31/h4-11,21H,12H2,1-3H3,(H2,27,31)/b22-20-. The highest BCUT2D eigenvalue weighted by molar-refractivity contribution is 7.07. The van der Waals surface area contributed by atoms with Crippen molar-refractivity contribution in [3.63, 3.8) is 0 Å². The molecule has 2 aromatic carbocycles. The first-order chi connectivity index (χ1) is 17.8. The molecule has 0 fully saturated rings. The maximum Gasteiger partial charge on any atom is 0.338 e. The molecule has 3 heterocycles. The number of carbonyl (C=O) groups is 3. The fraction of sp³-hybridized carbons (Fsp3) is 0.192. The fourth-order valence-electron chi connectivity index (χ4n) is 4.66. The number of carbonyl (C=O) groups excluding carboxylic acids is 3. The maximum absolute atomic E-state index is 14.0. The van der Waals surface area contributed by atoms with Crippen molar-refractivity contribution in [2.45, 2.75) is 13.0 Å². The number of esters is 1. The molecule has 2 aliphatic heterocycles. The minimum Gasteiger partial charge on any atom is -0.497 e. The van der Waals surface area contributed by atoms with Crippen molar-refractivity contribution in [1.82, 2.24) is 4.57 Å². The highest BCUT2D eigenvalue weighted by atomic mass is 32.1. The molecule has 0 radical (unpaired) electrons. The van der Waals surface area contributed by atoms with Crippen LogP contribution in [0.2, 0.25) is 0 Å².